The minimum atomic E-state index is 0.644. The van der Waals surface area contributed by atoms with Crippen LogP contribution < -0.4 is 0 Å². The highest BCUT2D eigenvalue weighted by Gasteiger charge is 2.21. The Morgan fingerprint density at radius 3 is 1.63 bits per heavy atom. The van der Waals surface area contributed by atoms with Gasteiger partial charge in [-0.1, -0.05) is 146 Å². The van der Waals surface area contributed by atoms with Crippen LogP contribution in [0.25, 0.3) is 109 Å². The fraction of sp³-hybridized carbons (Fsp3) is 0. The average Bonchev–Trinajstić information content (AvgIpc) is 3.93. The lowest BCUT2D eigenvalue weighted by molar-refractivity contribution is 0.997. The highest BCUT2D eigenvalue weighted by atomic mass is 32.1. The first-order valence-corrected chi connectivity index (χ1v) is 20.1. The molecule has 57 heavy (non-hydrogen) atoms. The quantitative estimate of drug-likeness (QED) is 0.176. The van der Waals surface area contributed by atoms with Crippen molar-refractivity contribution >= 4 is 75.1 Å². The van der Waals surface area contributed by atoms with Crippen molar-refractivity contribution in [2.24, 2.45) is 0 Å². The van der Waals surface area contributed by atoms with Crippen LogP contribution in [-0.2, 0) is 0 Å². The molecular weight excluding hydrogens is 713 g/mol. The SMILES string of the molecule is c1ccc(-c2ccc(-c3cc(-c4cccc5c4sc4ccccc45)nc(-n4c5ccccc5c5cc6c(cc54)c4ccccc4n6-c4ccccc4)n3)cc2)cc1. The summed E-state index contributed by atoms with van der Waals surface area (Å²) in [7, 11) is 0. The predicted octanol–water partition coefficient (Wildman–Crippen LogP) is 14.0. The Hall–Kier alpha value is -7.34. The molecule has 4 heterocycles. The first-order chi connectivity index (χ1) is 28.3. The van der Waals surface area contributed by atoms with E-state index < -0.39 is 0 Å². The number of aromatic nitrogens is 4. The van der Waals surface area contributed by atoms with E-state index in [-0.39, 0.29) is 0 Å². The van der Waals surface area contributed by atoms with E-state index >= 15 is 0 Å². The van der Waals surface area contributed by atoms with Crippen LogP contribution >= 0.6 is 11.3 Å². The second-order valence-corrected chi connectivity index (χ2v) is 15.6. The summed E-state index contributed by atoms with van der Waals surface area (Å²) >= 11 is 1.83. The van der Waals surface area contributed by atoms with Crippen LogP contribution in [0.15, 0.2) is 194 Å². The van der Waals surface area contributed by atoms with Crippen molar-refractivity contribution in [1.29, 1.82) is 0 Å². The van der Waals surface area contributed by atoms with E-state index in [1.165, 1.54) is 53.1 Å². The van der Waals surface area contributed by atoms with Crippen LogP contribution in [0.5, 0.6) is 0 Å². The summed E-state index contributed by atoms with van der Waals surface area (Å²) in [5.41, 5.74) is 11.9. The summed E-state index contributed by atoms with van der Waals surface area (Å²) in [6.45, 7) is 0. The smallest absolute Gasteiger partial charge is 0.235 e. The van der Waals surface area contributed by atoms with Crippen molar-refractivity contribution in [3.8, 4) is 45.3 Å². The Balaban J connectivity index is 1.15. The lowest BCUT2D eigenvalue weighted by atomic mass is 10.0. The summed E-state index contributed by atoms with van der Waals surface area (Å²) in [6.07, 6.45) is 0. The number of hydrogen-bond acceptors (Lipinski definition) is 3. The molecule has 12 aromatic rings. The van der Waals surface area contributed by atoms with Crippen molar-refractivity contribution < 1.29 is 0 Å². The molecule has 0 spiro atoms. The van der Waals surface area contributed by atoms with Gasteiger partial charge in [-0.15, -0.1) is 11.3 Å². The molecule has 266 valence electrons. The van der Waals surface area contributed by atoms with E-state index in [1.807, 2.05) is 11.3 Å². The number of benzene rings is 8. The van der Waals surface area contributed by atoms with Gasteiger partial charge < -0.3 is 4.57 Å². The summed E-state index contributed by atoms with van der Waals surface area (Å²) in [5.74, 6) is 0.644. The molecule has 0 bridgehead atoms. The third-order valence-corrected chi connectivity index (χ3v) is 12.6. The lowest BCUT2D eigenvalue weighted by Gasteiger charge is -2.13. The number of nitrogens with zero attached hydrogens (tertiary/aromatic N) is 4. The minimum Gasteiger partial charge on any atom is -0.309 e. The second-order valence-electron chi connectivity index (χ2n) is 14.6. The number of rotatable bonds is 5. The molecule has 4 aromatic heterocycles. The maximum absolute atomic E-state index is 5.51. The maximum Gasteiger partial charge on any atom is 0.235 e. The third kappa shape index (κ3) is 4.99. The minimum absolute atomic E-state index is 0.644. The molecule has 0 atom stereocenters. The summed E-state index contributed by atoms with van der Waals surface area (Å²) < 4.78 is 7.16. The molecule has 0 fully saturated rings. The predicted molar refractivity (Wildman–Crippen MR) is 240 cm³/mol. The molecule has 0 radical (unpaired) electrons. The van der Waals surface area contributed by atoms with E-state index in [0.29, 0.717) is 5.95 Å². The van der Waals surface area contributed by atoms with Gasteiger partial charge in [0, 0.05) is 58.5 Å². The van der Waals surface area contributed by atoms with Gasteiger partial charge in [0.05, 0.1) is 33.5 Å². The third-order valence-electron chi connectivity index (χ3n) is 11.4. The fourth-order valence-corrected chi connectivity index (χ4v) is 9.96. The fourth-order valence-electron chi connectivity index (χ4n) is 8.73. The standard InChI is InChI=1S/C52H32N4S/c1-3-14-33(15-4-1)34-26-28-35(29-27-34)44-32-45(41-22-13-21-40-39-20-9-12-25-50(39)57-51(40)41)54-52(53-44)56-47-24-11-8-19-38(47)43-30-48-42(31-49(43)56)37-18-7-10-23-46(37)55(48)36-16-5-2-6-17-36/h1-32H. The van der Waals surface area contributed by atoms with Gasteiger partial charge in [0.2, 0.25) is 5.95 Å². The zero-order chi connectivity index (χ0) is 37.5. The number of hydrogen-bond donors (Lipinski definition) is 0. The first-order valence-electron chi connectivity index (χ1n) is 19.2. The maximum atomic E-state index is 5.51. The number of fused-ring (bicyclic) bond motifs is 9. The van der Waals surface area contributed by atoms with E-state index in [0.717, 1.165) is 50.0 Å². The van der Waals surface area contributed by atoms with Gasteiger partial charge in [0.15, 0.2) is 0 Å². The van der Waals surface area contributed by atoms with E-state index in [4.69, 9.17) is 9.97 Å². The summed E-state index contributed by atoms with van der Waals surface area (Å²) in [6, 6.07) is 69.5. The zero-order valence-corrected chi connectivity index (χ0v) is 31.5. The molecule has 0 aliphatic carbocycles. The van der Waals surface area contributed by atoms with Gasteiger partial charge >= 0.3 is 0 Å². The van der Waals surface area contributed by atoms with Crippen LogP contribution in [0.1, 0.15) is 0 Å². The zero-order valence-electron chi connectivity index (χ0n) is 30.7. The van der Waals surface area contributed by atoms with Gasteiger partial charge in [0.1, 0.15) is 0 Å². The molecule has 0 amide bonds. The molecule has 0 saturated heterocycles. The Morgan fingerprint density at radius 1 is 0.351 bits per heavy atom. The molecule has 12 rings (SSSR count). The number of thiophene rings is 1. The first kappa shape index (κ1) is 32.0. The normalized spacial score (nSPS) is 11.9. The van der Waals surface area contributed by atoms with Crippen molar-refractivity contribution in [3.63, 3.8) is 0 Å². The molecule has 0 saturated carbocycles. The molecular formula is C52H32N4S. The van der Waals surface area contributed by atoms with Crippen LogP contribution in [0.4, 0.5) is 0 Å². The van der Waals surface area contributed by atoms with Crippen LogP contribution in [-0.4, -0.2) is 19.1 Å². The summed E-state index contributed by atoms with van der Waals surface area (Å²) in [5, 5.41) is 7.23. The molecule has 4 nitrogen and oxygen atoms in total. The highest BCUT2D eigenvalue weighted by Crippen LogP contribution is 2.42. The average molecular weight is 745 g/mol. The van der Waals surface area contributed by atoms with E-state index in [2.05, 4.69) is 203 Å². The van der Waals surface area contributed by atoms with Crippen LogP contribution in [0.2, 0.25) is 0 Å². The van der Waals surface area contributed by atoms with Gasteiger partial charge in [-0.25, -0.2) is 9.97 Å². The Morgan fingerprint density at radius 2 is 0.895 bits per heavy atom. The van der Waals surface area contributed by atoms with Crippen molar-refractivity contribution in [1.82, 2.24) is 19.1 Å². The van der Waals surface area contributed by atoms with Gasteiger partial charge in [-0.2, -0.15) is 0 Å². The number of para-hydroxylation sites is 3. The lowest BCUT2D eigenvalue weighted by Crippen LogP contribution is -2.04. The van der Waals surface area contributed by atoms with Crippen LogP contribution in [0.3, 0.4) is 0 Å². The van der Waals surface area contributed by atoms with E-state index in [9.17, 15) is 0 Å². The molecule has 8 aromatic carbocycles. The van der Waals surface area contributed by atoms with E-state index in [1.54, 1.807) is 0 Å². The molecule has 0 aliphatic heterocycles. The second kappa shape index (κ2) is 12.6. The van der Waals surface area contributed by atoms with Gasteiger partial charge in [-0.3, -0.25) is 4.57 Å². The Labute approximate surface area is 332 Å². The highest BCUT2D eigenvalue weighted by molar-refractivity contribution is 7.26. The molecule has 0 N–H and O–H groups in total. The Kier molecular flexibility index (Phi) is 7.06. The Bertz CT molecular complexity index is 3500. The van der Waals surface area contributed by atoms with Gasteiger partial charge in [0.25, 0.3) is 0 Å². The largest absolute Gasteiger partial charge is 0.309 e. The topological polar surface area (TPSA) is 35.6 Å². The van der Waals surface area contributed by atoms with Crippen molar-refractivity contribution in [2.45, 2.75) is 0 Å². The van der Waals surface area contributed by atoms with Crippen molar-refractivity contribution in [3.05, 3.63) is 194 Å². The molecule has 5 heteroatoms. The van der Waals surface area contributed by atoms with Crippen LogP contribution in [0, 0.1) is 0 Å². The van der Waals surface area contributed by atoms with Crippen molar-refractivity contribution in [2.75, 3.05) is 0 Å². The van der Waals surface area contributed by atoms with Gasteiger partial charge in [-0.05, 0) is 59.7 Å². The monoisotopic (exact) mass is 744 g/mol. The molecule has 0 unspecified atom stereocenters. The summed E-state index contributed by atoms with van der Waals surface area (Å²) in [4.78, 5) is 10.9. The molecule has 0 aliphatic rings.